The van der Waals surface area contributed by atoms with Crippen molar-refractivity contribution in [2.24, 2.45) is 0 Å². The van der Waals surface area contributed by atoms with Gasteiger partial charge in [-0.15, -0.1) is 0 Å². The van der Waals surface area contributed by atoms with E-state index in [4.69, 9.17) is 4.74 Å². The summed E-state index contributed by atoms with van der Waals surface area (Å²) in [5.41, 5.74) is 3.98. The number of nitrogens with zero attached hydrogens (tertiary/aromatic N) is 1. The van der Waals surface area contributed by atoms with E-state index >= 15 is 0 Å². The van der Waals surface area contributed by atoms with E-state index < -0.39 is 0 Å². The molecule has 2 fully saturated rings. The molecule has 0 bridgehead atoms. The normalized spacial score (nSPS) is 18.4. The van der Waals surface area contributed by atoms with Crippen molar-refractivity contribution in [3.8, 4) is 5.75 Å². The molecule has 29 heavy (non-hydrogen) atoms. The van der Waals surface area contributed by atoms with Crippen LogP contribution in [0.2, 0.25) is 0 Å². The van der Waals surface area contributed by atoms with Crippen LogP contribution in [0.4, 0.5) is 0 Å². The Hall–Kier alpha value is -2.60. The lowest BCUT2D eigenvalue weighted by molar-refractivity contribution is -0.119. The largest absolute Gasteiger partial charge is 0.485 e. The van der Waals surface area contributed by atoms with Crippen molar-refractivity contribution >= 4 is 23.5 Å². The molecular formula is C23H24N2O3S. The summed E-state index contributed by atoms with van der Waals surface area (Å²) in [5.74, 6) is 0.581. The number of ketones is 1. The van der Waals surface area contributed by atoms with Gasteiger partial charge in [0, 0.05) is 6.20 Å². The second-order valence-electron chi connectivity index (χ2n) is 7.35. The number of amides is 1. The number of allylic oxidation sites excluding steroid dienone is 1. The summed E-state index contributed by atoms with van der Waals surface area (Å²) in [6.07, 6.45) is 6.75. The number of nitrogens with one attached hydrogen (secondary N) is 1. The maximum absolute atomic E-state index is 12.2. The SMILES string of the molecule is CCc1ccc(C(=O)COc2ccc(CC3SC(=C4CCC4)NC3=O)cc2)nc1. The predicted molar refractivity (Wildman–Crippen MR) is 114 cm³/mol. The van der Waals surface area contributed by atoms with Gasteiger partial charge in [-0.25, -0.2) is 0 Å². The van der Waals surface area contributed by atoms with Gasteiger partial charge in [-0.3, -0.25) is 14.6 Å². The van der Waals surface area contributed by atoms with Crippen LogP contribution in [0.3, 0.4) is 0 Å². The molecular weight excluding hydrogens is 384 g/mol. The number of Topliss-reactive ketones (excluding diaryl/α,β-unsaturated/α-hetero) is 1. The number of pyridine rings is 1. The summed E-state index contributed by atoms with van der Waals surface area (Å²) >= 11 is 1.65. The molecule has 2 aromatic rings. The number of benzene rings is 1. The van der Waals surface area contributed by atoms with E-state index in [0.29, 0.717) is 17.9 Å². The van der Waals surface area contributed by atoms with E-state index in [1.165, 1.54) is 12.0 Å². The van der Waals surface area contributed by atoms with Gasteiger partial charge in [0.1, 0.15) is 11.4 Å². The molecule has 5 nitrogen and oxygen atoms in total. The minimum Gasteiger partial charge on any atom is -0.485 e. The highest BCUT2D eigenvalue weighted by Crippen LogP contribution is 2.38. The van der Waals surface area contributed by atoms with E-state index in [0.717, 1.165) is 35.4 Å². The third-order valence-corrected chi connectivity index (χ3v) is 6.59. The summed E-state index contributed by atoms with van der Waals surface area (Å²) in [6, 6.07) is 11.3. The average Bonchev–Trinajstić information content (AvgIpc) is 3.05. The maximum Gasteiger partial charge on any atom is 0.238 e. The van der Waals surface area contributed by atoms with E-state index in [-0.39, 0.29) is 23.5 Å². The fourth-order valence-electron chi connectivity index (χ4n) is 3.26. The molecule has 2 heterocycles. The zero-order chi connectivity index (χ0) is 20.2. The van der Waals surface area contributed by atoms with Crippen molar-refractivity contribution in [2.45, 2.75) is 44.3 Å². The highest BCUT2D eigenvalue weighted by molar-refractivity contribution is 8.04. The van der Waals surface area contributed by atoms with Gasteiger partial charge in [0.05, 0.1) is 10.3 Å². The first-order chi connectivity index (χ1) is 14.1. The molecule has 1 aliphatic carbocycles. The van der Waals surface area contributed by atoms with E-state index in [9.17, 15) is 9.59 Å². The average molecular weight is 409 g/mol. The Morgan fingerprint density at radius 1 is 1.17 bits per heavy atom. The first kappa shape index (κ1) is 19.7. The Bertz CT molecular complexity index is 930. The molecule has 1 saturated heterocycles. The minimum atomic E-state index is -0.146. The molecule has 4 rings (SSSR count). The Balaban J connectivity index is 1.30. The fourth-order valence-corrected chi connectivity index (χ4v) is 4.52. The first-order valence-electron chi connectivity index (χ1n) is 10.0. The number of thioether (sulfide) groups is 1. The third kappa shape index (κ3) is 4.70. The molecule has 0 spiro atoms. The first-order valence-corrected chi connectivity index (χ1v) is 10.9. The van der Waals surface area contributed by atoms with E-state index in [2.05, 4.69) is 10.3 Å². The number of hydrogen-bond acceptors (Lipinski definition) is 5. The molecule has 1 N–H and O–H groups in total. The smallest absolute Gasteiger partial charge is 0.238 e. The van der Waals surface area contributed by atoms with Crippen LogP contribution in [0.25, 0.3) is 0 Å². The number of aryl methyl sites for hydroxylation is 1. The van der Waals surface area contributed by atoms with Crippen molar-refractivity contribution < 1.29 is 14.3 Å². The number of carbonyl (C=O) groups is 2. The quantitative estimate of drug-likeness (QED) is 0.700. The van der Waals surface area contributed by atoms with Gasteiger partial charge in [-0.2, -0.15) is 0 Å². The van der Waals surface area contributed by atoms with Crippen LogP contribution >= 0.6 is 11.8 Å². The van der Waals surface area contributed by atoms with Crippen molar-refractivity contribution in [3.63, 3.8) is 0 Å². The molecule has 6 heteroatoms. The standard InChI is InChI=1S/C23H24N2O3S/c1-2-15-8-11-19(24-13-15)20(26)14-28-18-9-6-16(7-10-18)12-21-22(27)25-23(29-21)17-4-3-5-17/h6-11,13,21H,2-5,12,14H2,1H3,(H,25,27). The molecule has 2 aliphatic rings. The maximum atomic E-state index is 12.2. The molecule has 1 aromatic carbocycles. The fraction of sp³-hybridized carbons (Fsp3) is 0.348. The molecule has 1 atom stereocenters. The van der Waals surface area contributed by atoms with Gasteiger partial charge >= 0.3 is 0 Å². The van der Waals surface area contributed by atoms with Crippen LogP contribution in [0.5, 0.6) is 5.75 Å². The zero-order valence-electron chi connectivity index (χ0n) is 16.4. The van der Waals surface area contributed by atoms with Gasteiger partial charge in [0.15, 0.2) is 6.61 Å². The van der Waals surface area contributed by atoms with Gasteiger partial charge < -0.3 is 10.1 Å². The Morgan fingerprint density at radius 2 is 1.93 bits per heavy atom. The second-order valence-corrected chi connectivity index (χ2v) is 8.56. The van der Waals surface area contributed by atoms with E-state index in [1.54, 1.807) is 24.0 Å². The molecule has 1 aromatic heterocycles. The lowest BCUT2D eigenvalue weighted by atomic mass is 9.93. The van der Waals surface area contributed by atoms with Crippen LogP contribution in [0.1, 0.15) is 47.8 Å². The third-order valence-electron chi connectivity index (χ3n) is 5.30. The Labute approximate surface area is 174 Å². The molecule has 1 unspecified atom stereocenters. The summed E-state index contributed by atoms with van der Waals surface area (Å²) < 4.78 is 5.61. The second kappa shape index (κ2) is 8.82. The van der Waals surface area contributed by atoms with Crippen LogP contribution in [0, 0.1) is 0 Å². The number of rotatable bonds is 7. The van der Waals surface area contributed by atoms with Crippen molar-refractivity contribution in [3.05, 3.63) is 70.0 Å². The topological polar surface area (TPSA) is 68.3 Å². The highest BCUT2D eigenvalue weighted by Gasteiger charge is 2.32. The van der Waals surface area contributed by atoms with Gasteiger partial charge in [-0.1, -0.05) is 36.9 Å². The van der Waals surface area contributed by atoms with Crippen LogP contribution in [-0.2, 0) is 17.6 Å². The molecule has 0 radical (unpaired) electrons. The molecule has 1 amide bonds. The predicted octanol–water partition coefficient (Wildman–Crippen LogP) is 4.08. The summed E-state index contributed by atoms with van der Waals surface area (Å²) in [6.45, 7) is 2.00. The summed E-state index contributed by atoms with van der Waals surface area (Å²) in [5, 5.41) is 4.02. The summed E-state index contributed by atoms with van der Waals surface area (Å²) in [4.78, 5) is 28.6. The van der Waals surface area contributed by atoms with Crippen molar-refractivity contribution in [2.75, 3.05) is 6.61 Å². The lowest BCUT2D eigenvalue weighted by Crippen LogP contribution is -2.24. The van der Waals surface area contributed by atoms with E-state index in [1.807, 2.05) is 37.3 Å². The van der Waals surface area contributed by atoms with Crippen LogP contribution in [-0.4, -0.2) is 28.5 Å². The molecule has 150 valence electrons. The number of carbonyl (C=O) groups excluding carboxylic acids is 2. The van der Waals surface area contributed by atoms with Gasteiger partial charge in [0.25, 0.3) is 0 Å². The molecule has 1 aliphatic heterocycles. The van der Waals surface area contributed by atoms with Gasteiger partial charge in [-0.05, 0) is 67.0 Å². The van der Waals surface area contributed by atoms with Gasteiger partial charge in [0.2, 0.25) is 11.7 Å². The monoisotopic (exact) mass is 408 g/mol. The lowest BCUT2D eigenvalue weighted by Gasteiger charge is -2.18. The van der Waals surface area contributed by atoms with Crippen LogP contribution in [0.15, 0.2) is 53.2 Å². The Morgan fingerprint density at radius 3 is 2.55 bits per heavy atom. The zero-order valence-corrected chi connectivity index (χ0v) is 17.3. The van der Waals surface area contributed by atoms with Crippen molar-refractivity contribution in [1.82, 2.24) is 10.3 Å². The number of ether oxygens (including phenoxy) is 1. The summed E-state index contributed by atoms with van der Waals surface area (Å²) in [7, 11) is 0. The van der Waals surface area contributed by atoms with Crippen molar-refractivity contribution in [1.29, 1.82) is 0 Å². The van der Waals surface area contributed by atoms with Crippen LogP contribution < -0.4 is 10.1 Å². The molecule has 1 saturated carbocycles. The number of aromatic nitrogens is 1. The minimum absolute atomic E-state index is 0.0460. The Kier molecular flexibility index (Phi) is 6.00. The highest BCUT2D eigenvalue weighted by atomic mass is 32.2. The number of hydrogen-bond donors (Lipinski definition) is 1.